The Morgan fingerprint density at radius 3 is 2.07 bits per heavy atom. The number of carbonyl (C=O) groups excluding carboxylic acids is 3. The zero-order chi connectivity index (χ0) is 31.3. The SMILES string of the molecule is CCC(=O)N[C@H](Cc1ccc(CNC(=O)[C@@H](NC(=O)O)C2CCCCCC2)cc1)C(=O)N1CCN(Cc2ccccc2)CC1. The molecule has 1 heterocycles. The molecule has 2 fully saturated rings. The fourth-order valence-corrected chi connectivity index (χ4v) is 6.19. The number of hydrogen-bond acceptors (Lipinski definition) is 5. The Morgan fingerprint density at radius 1 is 0.818 bits per heavy atom. The van der Waals surface area contributed by atoms with Gasteiger partial charge in [-0.2, -0.15) is 0 Å². The van der Waals surface area contributed by atoms with Crippen LogP contribution < -0.4 is 16.0 Å². The molecular formula is C34H47N5O5. The van der Waals surface area contributed by atoms with Crippen molar-refractivity contribution in [3.05, 3.63) is 71.3 Å². The first-order valence-corrected chi connectivity index (χ1v) is 16.0. The van der Waals surface area contributed by atoms with Crippen LogP contribution in [-0.4, -0.2) is 77.0 Å². The summed E-state index contributed by atoms with van der Waals surface area (Å²) in [4.78, 5) is 54.5. The predicted octanol–water partition coefficient (Wildman–Crippen LogP) is 3.69. The van der Waals surface area contributed by atoms with Crippen LogP contribution in [-0.2, 0) is 33.9 Å². The summed E-state index contributed by atoms with van der Waals surface area (Å²) in [5.74, 6) is -0.544. The molecule has 4 rings (SSSR count). The third-order valence-electron chi connectivity index (χ3n) is 8.75. The van der Waals surface area contributed by atoms with Gasteiger partial charge >= 0.3 is 6.09 Å². The van der Waals surface area contributed by atoms with E-state index in [9.17, 15) is 24.3 Å². The Morgan fingerprint density at radius 2 is 1.45 bits per heavy atom. The minimum atomic E-state index is -1.19. The van der Waals surface area contributed by atoms with Gasteiger partial charge in [-0.1, -0.05) is 87.2 Å². The van der Waals surface area contributed by atoms with Crippen molar-refractivity contribution in [2.45, 2.75) is 83.5 Å². The quantitative estimate of drug-likeness (QED) is 0.273. The van der Waals surface area contributed by atoms with Gasteiger partial charge in [0, 0.05) is 52.1 Å². The summed E-state index contributed by atoms with van der Waals surface area (Å²) in [6.07, 6.45) is 5.39. The molecule has 1 aliphatic carbocycles. The molecule has 10 nitrogen and oxygen atoms in total. The minimum Gasteiger partial charge on any atom is -0.465 e. The van der Waals surface area contributed by atoms with Crippen molar-refractivity contribution in [2.24, 2.45) is 5.92 Å². The lowest BCUT2D eigenvalue weighted by Gasteiger charge is -2.36. The molecule has 2 aromatic carbocycles. The molecule has 1 aliphatic heterocycles. The van der Waals surface area contributed by atoms with Crippen molar-refractivity contribution in [1.82, 2.24) is 25.8 Å². The monoisotopic (exact) mass is 605 g/mol. The van der Waals surface area contributed by atoms with Gasteiger partial charge in [0.25, 0.3) is 0 Å². The van der Waals surface area contributed by atoms with E-state index in [1.807, 2.05) is 47.4 Å². The highest BCUT2D eigenvalue weighted by Gasteiger charge is 2.31. The molecule has 4 amide bonds. The zero-order valence-corrected chi connectivity index (χ0v) is 25.8. The molecule has 1 saturated carbocycles. The molecule has 0 aromatic heterocycles. The average molecular weight is 606 g/mol. The molecule has 0 spiro atoms. The Labute approximate surface area is 260 Å². The smallest absolute Gasteiger partial charge is 0.405 e. The summed E-state index contributed by atoms with van der Waals surface area (Å²) in [6, 6.07) is 16.5. The van der Waals surface area contributed by atoms with Crippen molar-refractivity contribution < 1.29 is 24.3 Å². The van der Waals surface area contributed by atoms with E-state index in [0.29, 0.717) is 25.9 Å². The molecule has 0 radical (unpaired) electrons. The number of benzene rings is 2. The van der Waals surface area contributed by atoms with E-state index in [-0.39, 0.29) is 30.2 Å². The minimum absolute atomic E-state index is 0.00406. The number of carboxylic acid groups (broad SMARTS) is 1. The molecule has 2 aliphatic rings. The maximum Gasteiger partial charge on any atom is 0.405 e. The van der Waals surface area contributed by atoms with Crippen LogP contribution in [0.5, 0.6) is 0 Å². The molecule has 2 atom stereocenters. The van der Waals surface area contributed by atoms with Crippen molar-refractivity contribution in [1.29, 1.82) is 0 Å². The Kier molecular flexibility index (Phi) is 12.6. The average Bonchev–Trinajstić information content (AvgIpc) is 3.33. The number of hydrogen-bond donors (Lipinski definition) is 4. The first-order chi connectivity index (χ1) is 21.3. The van der Waals surface area contributed by atoms with E-state index >= 15 is 0 Å². The lowest BCUT2D eigenvalue weighted by Crippen LogP contribution is -2.55. The summed E-state index contributed by atoms with van der Waals surface area (Å²) in [5.41, 5.74) is 3.02. The van der Waals surface area contributed by atoms with Gasteiger partial charge in [-0.3, -0.25) is 19.3 Å². The van der Waals surface area contributed by atoms with Gasteiger partial charge in [0.1, 0.15) is 12.1 Å². The van der Waals surface area contributed by atoms with Gasteiger partial charge in [0.2, 0.25) is 17.7 Å². The van der Waals surface area contributed by atoms with Gasteiger partial charge < -0.3 is 26.0 Å². The van der Waals surface area contributed by atoms with E-state index in [1.54, 1.807) is 6.92 Å². The largest absolute Gasteiger partial charge is 0.465 e. The summed E-state index contributed by atoms with van der Waals surface area (Å²) in [5, 5.41) is 17.6. The van der Waals surface area contributed by atoms with Crippen LogP contribution in [0.25, 0.3) is 0 Å². The molecule has 238 valence electrons. The van der Waals surface area contributed by atoms with Gasteiger partial charge in [0.15, 0.2) is 0 Å². The fourth-order valence-electron chi connectivity index (χ4n) is 6.19. The normalized spacial score (nSPS) is 17.6. The van der Waals surface area contributed by atoms with Crippen molar-refractivity contribution in [2.75, 3.05) is 26.2 Å². The van der Waals surface area contributed by atoms with Crippen LogP contribution in [0.2, 0.25) is 0 Å². The summed E-state index contributed by atoms with van der Waals surface area (Å²) in [6.45, 7) is 5.67. The number of nitrogens with one attached hydrogen (secondary N) is 3. The number of nitrogens with zero attached hydrogens (tertiary/aromatic N) is 2. The van der Waals surface area contributed by atoms with Crippen LogP contribution in [0.1, 0.15) is 68.6 Å². The number of amides is 4. The molecular weight excluding hydrogens is 558 g/mol. The van der Waals surface area contributed by atoms with Gasteiger partial charge in [-0.05, 0) is 35.4 Å². The van der Waals surface area contributed by atoms with Crippen LogP contribution in [0, 0.1) is 5.92 Å². The first-order valence-electron chi connectivity index (χ1n) is 16.0. The maximum atomic E-state index is 13.6. The van der Waals surface area contributed by atoms with Crippen LogP contribution >= 0.6 is 0 Å². The summed E-state index contributed by atoms with van der Waals surface area (Å²) in [7, 11) is 0. The van der Waals surface area contributed by atoms with Gasteiger partial charge in [-0.15, -0.1) is 0 Å². The first kappa shape index (κ1) is 33.0. The Hall–Kier alpha value is -3.92. The van der Waals surface area contributed by atoms with E-state index in [2.05, 4.69) is 33.0 Å². The highest BCUT2D eigenvalue weighted by atomic mass is 16.4. The molecule has 44 heavy (non-hydrogen) atoms. The molecule has 4 N–H and O–H groups in total. The van der Waals surface area contributed by atoms with E-state index in [4.69, 9.17) is 0 Å². The fraction of sp³-hybridized carbons (Fsp3) is 0.529. The molecule has 1 saturated heterocycles. The Bertz CT molecular complexity index is 1220. The third kappa shape index (κ3) is 10.1. The van der Waals surface area contributed by atoms with E-state index < -0.39 is 18.2 Å². The van der Waals surface area contributed by atoms with Crippen LogP contribution in [0.3, 0.4) is 0 Å². The third-order valence-corrected chi connectivity index (χ3v) is 8.75. The predicted molar refractivity (Wildman–Crippen MR) is 169 cm³/mol. The number of piperazine rings is 1. The van der Waals surface area contributed by atoms with Crippen LogP contribution in [0.4, 0.5) is 4.79 Å². The maximum absolute atomic E-state index is 13.6. The number of rotatable bonds is 12. The number of carbonyl (C=O) groups is 4. The summed E-state index contributed by atoms with van der Waals surface area (Å²) < 4.78 is 0. The second-order valence-corrected chi connectivity index (χ2v) is 12.0. The highest BCUT2D eigenvalue weighted by molar-refractivity contribution is 5.88. The van der Waals surface area contributed by atoms with Crippen molar-refractivity contribution in [3.8, 4) is 0 Å². The zero-order valence-electron chi connectivity index (χ0n) is 25.8. The van der Waals surface area contributed by atoms with E-state index in [0.717, 1.165) is 69.3 Å². The van der Waals surface area contributed by atoms with E-state index in [1.165, 1.54) is 5.56 Å². The standard InChI is InChI=1S/C34H47N5O5/c1-2-30(40)36-29(33(42)39-20-18-38(19-21-39)24-27-10-6-5-7-11-27)22-25-14-16-26(17-15-25)23-35-32(41)31(37-34(43)44)28-12-8-3-4-9-13-28/h5-7,10-11,14-17,28-29,31,37H,2-4,8-9,12-13,18-24H2,1H3,(H,35,41)(H,36,40)(H,43,44)/t29-,31+/m1/s1. The lowest BCUT2D eigenvalue weighted by atomic mass is 9.91. The lowest BCUT2D eigenvalue weighted by molar-refractivity contribution is -0.138. The highest BCUT2D eigenvalue weighted by Crippen LogP contribution is 2.26. The summed E-state index contributed by atoms with van der Waals surface area (Å²) >= 11 is 0. The second kappa shape index (κ2) is 16.8. The molecule has 2 aromatic rings. The van der Waals surface area contributed by atoms with Crippen molar-refractivity contribution in [3.63, 3.8) is 0 Å². The second-order valence-electron chi connectivity index (χ2n) is 12.0. The molecule has 0 bridgehead atoms. The Balaban J connectivity index is 1.32. The molecule has 10 heteroatoms. The van der Waals surface area contributed by atoms with Crippen LogP contribution in [0.15, 0.2) is 54.6 Å². The van der Waals surface area contributed by atoms with Gasteiger partial charge in [0.05, 0.1) is 0 Å². The topological polar surface area (TPSA) is 131 Å². The van der Waals surface area contributed by atoms with Gasteiger partial charge in [-0.25, -0.2) is 4.79 Å². The van der Waals surface area contributed by atoms with Crippen molar-refractivity contribution >= 4 is 23.8 Å². The molecule has 0 unspecified atom stereocenters.